The minimum absolute atomic E-state index is 0.0641. The molecule has 32 heavy (non-hydrogen) atoms. The average molecular weight is 453 g/mol. The second kappa shape index (κ2) is 11.5. The first-order chi connectivity index (χ1) is 15.4. The van der Waals surface area contributed by atoms with Crippen molar-refractivity contribution in [2.24, 2.45) is 28.3 Å². The molecule has 2 unspecified atom stereocenters. The van der Waals surface area contributed by atoms with Crippen LogP contribution in [0.3, 0.4) is 0 Å². The molecule has 4 N–H and O–H groups in total. The fourth-order valence-corrected chi connectivity index (χ4v) is 4.06. The highest BCUT2D eigenvalue weighted by Gasteiger charge is 2.36. The molecule has 0 aliphatic heterocycles. The van der Waals surface area contributed by atoms with E-state index in [4.69, 9.17) is 16.3 Å². The van der Waals surface area contributed by atoms with Crippen LogP contribution in [0.4, 0.5) is 0 Å². The highest BCUT2D eigenvalue weighted by molar-refractivity contribution is 8.17. The zero-order valence-electron chi connectivity index (χ0n) is 17.9. The normalized spacial score (nSPS) is 18.3. The summed E-state index contributed by atoms with van der Waals surface area (Å²) in [5.74, 6) is -1.10. The van der Waals surface area contributed by atoms with Crippen molar-refractivity contribution in [1.82, 2.24) is 5.06 Å². The summed E-state index contributed by atoms with van der Waals surface area (Å²) in [7, 11) is 0. The molecule has 2 aromatic rings. The Morgan fingerprint density at radius 1 is 1.00 bits per heavy atom. The molecule has 2 atom stereocenters. The van der Waals surface area contributed by atoms with E-state index in [0.29, 0.717) is 25.8 Å². The summed E-state index contributed by atoms with van der Waals surface area (Å²) in [6, 6.07) is 19.4. The van der Waals surface area contributed by atoms with E-state index in [0.717, 1.165) is 22.9 Å². The monoisotopic (exact) mass is 452 g/mol. The van der Waals surface area contributed by atoms with Crippen LogP contribution in [0.15, 0.2) is 77.3 Å². The number of amidine groups is 1. The Hall–Kier alpha value is -3.10. The Labute approximate surface area is 192 Å². The fraction of sp³-hybridized carbons (Fsp3) is 0.292. The largest absolute Gasteiger partial charge is 0.394 e. The number of carbonyl (C=O) groups excluding carboxylic acids is 2. The highest BCUT2D eigenvalue weighted by atomic mass is 32.2. The third-order valence-corrected chi connectivity index (χ3v) is 5.79. The van der Waals surface area contributed by atoms with Crippen molar-refractivity contribution in [3.8, 4) is 0 Å². The Balaban J connectivity index is 1.66. The molecule has 7 nitrogen and oxygen atoms in total. The number of hydroxylamine groups is 2. The number of benzene rings is 2. The number of hydrogen-bond donors (Lipinski definition) is 2. The van der Waals surface area contributed by atoms with Gasteiger partial charge in [0.1, 0.15) is 6.61 Å². The molecule has 0 aromatic heterocycles. The zero-order valence-corrected chi connectivity index (χ0v) is 18.7. The number of thioether (sulfide) groups is 1. The maximum Gasteiger partial charge on any atom is 0.251 e. The molecule has 0 bridgehead atoms. The molecule has 1 aliphatic rings. The van der Waals surface area contributed by atoms with Gasteiger partial charge in [0, 0.05) is 11.8 Å². The minimum atomic E-state index is -0.346. The Morgan fingerprint density at radius 2 is 1.59 bits per heavy atom. The summed E-state index contributed by atoms with van der Waals surface area (Å²) >= 11 is 0.954. The van der Waals surface area contributed by atoms with Crippen LogP contribution < -0.4 is 11.5 Å². The van der Waals surface area contributed by atoms with Gasteiger partial charge in [0.25, 0.3) is 5.91 Å². The Bertz CT molecular complexity index is 966. The summed E-state index contributed by atoms with van der Waals surface area (Å²) in [6.07, 6.45) is 1.60. The quantitative estimate of drug-likeness (QED) is 0.360. The zero-order chi connectivity index (χ0) is 22.9. The number of nitrogens with two attached hydrogens (primary N) is 2. The Kier molecular flexibility index (Phi) is 8.47. The van der Waals surface area contributed by atoms with Gasteiger partial charge in [-0.2, -0.15) is 4.99 Å². The predicted molar refractivity (Wildman–Crippen MR) is 127 cm³/mol. The van der Waals surface area contributed by atoms with Crippen LogP contribution in [0.1, 0.15) is 30.4 Å². The molecule has 8 heteroatoms. The summed E-state index contributed by atoms with van der Waals surface area (Å²) in [5, 5.41) is 1.76. The number of nitrogens with zero attached hydrogens (tertiary/aromatic N) is 2. The SMILES string of the molecule is C=C(N)SC(N)=NC(=O)C1CCC(C(=O)N(Cc2ccccc2)OCc2ccccc2)C1. The molecule has 168 valence electrons. The smallest absolute Gasteiger partial charge is 0.251 e. The van der Waals surface area contributed by atoms with Crippen molar-refractivity contribution in [1.29, 1.82) is 0 Å². The minimum Gasteiger partial charge on any atom is -0.394 e. The Morgan fingerprint density at radius 3 is 2.22 bits per heavy atom. The van der Waals surface area contributed by atoms with Gasteiger partial charge in [0.05, 0.1) is 11.6 Å². The van der Waals surface area contributed by atoms with Crippen LogP contribution in [0, 0.1) is 11.8 Å². The van der Waals surface area contributed by atoms with Crippen LogP contribution >= 0.6 is 11.8 Å². The van der Waals surface area contributed by atoms with Crippen LogP contribution in [0.2, 0.25) is 0 Å². The van der Waals surface area contributed by atoms with E-state index >= 15 is 0 Å². The molecule has 0 heterocycles. The van der Waals surface area contributed by atoms with Crippen LogP contribution in [-0.4, -0.2) is 22.0 Å². The highest BCUT2D eigenvalue weighted by Crippen LogP contribution is 2.34. The molecule has 2 amide bonds. The number of amides is 2. The lowest BCUT2D eigenvalue weighted by Gasteiger charge is -2.25. The van der Waals surface area contributed by atoms with Gasteiger partial charge in [-0.3, -0.25) is 14.4 Å². The lowest BCUT2D eigenvalue weighted by Crippen LogP contribution is -2.35. The maximum absolute atomic E-state index is 13.3. The van der Waals surface area contributed by atoms with Gasteiger partial charge in [-0.15, -0.1) is 0 Å². The van der Waals surface area contributed by atoms with Crippen LogP contribution in [0.5, 0.6) is 0 Å². The lowest BCUT2D eigenvalue weighted by atomic mass is 10.0. The molecule has 0 saturated heterocycles. The van der Waals surface area contributed by atoms with Crippen LogP contribution in [-0.2, 0) is 27.6 Å². The van der Waals surface area contributed by atoms with Crippen molar-refractivity contribution in [2.45, 2.75) is 32.4 Å². The number of carbonyl (C=O) groups is 2. The van der Waals surface area contributed by atoms with Crippen molar-refractivity contribution in [2.75, 3.05) is 0 Å². The molecule has 1 fully saturated rings. The second-order valence-electron chi connectivity index (χ2n) is 7.68. The first kappa shape index (κ1) is 23.6. The molecule has 1 aliphatic carbocycles. The molecular weight excluding hydrogens is 424 g/mol. The van der Waals surface area contributed by atoms with Gasteiger partial charge >= 0.3 is 0 Å². The van der Waals surface area contributed by atoms with E-state index in [1.807, 2.05) is 60.7 Å². The standard InChI is InChI=1S/C24H28N4O3S/c1-17(25)32-24(26)27-22(29)20-12-13-21(14-20)23(30)28(15-18-8-4-2-5-9-18)31-16-19-10-6-3-7-11-19/h2-11,20-21H,1,12-16,25H2,(H2,26,27,29). The first-order valence-electron chi connectivity index (χ1n) is 10.4. The van der Waals surface area contributed by atoms with E-state index in [-0.39, 0.29) is 40.5 Å². The third kappa shape index (κ3) is 6.96. The van der Waals surface area contributed by atoms with Gasteiger partial charge in [0.15, 0.2) is 5.17 Å². The summed E-state index contributed by atoms with van der Waals surface area (Å²) in [6.45, 7) is 4.16. The van der Waals surface area contributed by atoms with E-state index < -0.39 is 0 Å². The molecule has 2 aromatic carbocycles. The van der Waals surface area contributed by atoms with E-state index in [2.05, 4.69) is 11.6 Å². The molecule has 0 spiro atoms. The molecule has 0 radical (unpaired) electrons. The summed E-state index contributed by atoms with van der Waals surface area (Å²) in [5.41, 5.74) is 13.1. The maximum atomic E-state index is 13.3. The van der Waals surface area contributed by atoms with Crippen molar-refractivity contribution in [3.63, 3.8) is 0 Å². The number of aliphatic imine (C=N–C) groups is 1. The lowest BCUT2D eigenvalue weighted by molar-refractivity contribution is -0.199. The van der Waals surface area contributed by atoms with Gasteiger partial charge in [0.2, 0.25) is 5.91 Å². The summed E-state index contributed by atoms with van der Waals surface area (Å²) < 4.78 is 0. The number of hydrogen-bond acceptors (Lipinski definition) is 5. The molecule has 3 rings (SSSR count). The van der Waals surface area contributed by atoms with Gasteiger partial charge in [-0.25, -0.2) is 5.06 Å². The van der Waals surface area contributed by atoms with Gasteiger partial charge in [-0.05, 0) is 42.2 Å². The van der Waals surface area contributed by atoms with Crippen molar-refractivity contribution in [3.05, 3.63) is 83.4 Å². The predicted octanol–water partition coefficient (Wildman–Crippen LogP) is 3.57. The van der Waals surface area contributed by atoms with Crippen molar-refractivity contribution < 1.29 is 14.4 Å². The van der Waals surface area contributed by atoms with E-state index in [9.17, 15) is 9.59 Å². The summed E-state index contributed by atoms with van der Waals surface area (Å²) in [4.78, 5) is 35.6. The van der Waals surface area contributed by atoms with Crippen molar-refractivity contribution >= 4 is 28.7 Å². The fourth-order valence-electron chi connectivity index (χ4n) is 3.65. The molecular formula is C24H28N4O3S. The molecule has 1 saturated carbocycles. The second-order valence-corrected chi connectivity index (χ2v) is 8.83. The topological polar surface area (TPSA) is 111 Å². The van der Waals surface area contributed by atoms with E-state index in [1.54, 1.807) is 0 Å². The number of rotatable bonds is 8. The third-order valence-electron chi connectivity index (χ3n) is 5.23. The average Bonchev–Trinajstić information content (AvgIpc) is 3.27. The van der Waals surface area contributed by atoms with Gasteiger partial charge < -0.3 is 11.5 Å². The first-order valence-corrected chi connectivity index (χ1v) is 11.3. The van der Waals surface area contributed by atoms with Gasteiger partial charge in [-0.1, -0.05) is 67.2 Å². The van der Waals surface area contributed by atoms with Crippen LogP contribution in [0.25, 0.3) is 0 Å². The van der Waals surface area contributed by atoms with E-state index in [1.165, 1.54) is 5.06 Å².